The molecule has 0 aliphatic carbocycles. The van der Waals surface area contributed by atoms with Crippen molar-refractivity contribution in [2.45, 2.75) is 30.8 Å². The van der Waals surface area contributed by atoms with Crippen LogP contribution in [0.2, 0.25) is 5.02 Å². The molecule has 5 nitrogen and oxygen atoms in total. The van der Waals surface area contributed by atoms with Crippen molar-refractivity contribution in [2.24, 2.45) is 0 Å². The molecule has 1 atom stereocenters. The van der Waals surface area contributed by atoms with Gasteiger partial charge in [0.25, 0.3) is 0 Å². The first-order valence-electron chi connectivity index (χ1n) is 6.72. The molecule has 0 aromatic heterocycles. The Labute approximate surface area is 128 Å². The molecule has 1 heterocycles. The van der Waals surface area contributed by atoms with E-state index in [4.69, 9.17) is 22.1 Å². The predicted octanol–water partition coefficient (Wildman–Crippen LogP) is 2.25. The molecular formula is C13H18ClFN2O3S. The summed E-state index contributed by atoms with van der Waals surface area (Å²) < 4.78 is 45.4. The van der Waals surface area contributed by atoms with Gasteiger partial charge in [0.2, 0.25) is 10.0 Å². The van der Waals surface area contributed by atoms with Crippen LogP contribution >= 0.6 is 11.6 Å². The van der Waals surface area contributed by atoms with Crippen LogP contribution in [0.25, 0.3) is 0 Å². The Bertz CT molecular complexity index is 618. The van der Waals surface area contributed by atoms with Gasteiger partial charge in [0.1, 0.15) is 10.7 Å². The highest BCUT2D eigenvalue weighted by Crippen LogP contribution is 2.29. The van der Waals surface area contributed by atoms with Crippen molar-refractivity contribution in [3.05, 3.63) is 23.0 Å². The Balaban J connectivity index is 2.32. The predicted molar refractivity (Wildman–Crippen MR) is 79.2 cm³/mol. The second-order valence-corrected chi connectivity index (χ2v) is 7.21. The number of nitrogen functional groups attached to an aromatic ring is 1. The third-order valence-corrected chi connectivity index (χ3v) is 5.86. The number of hydrogen-bond acceptors (Lipinski definition) is 4. The Kier molecular flexibility index (Phi) is 5.08. The van der Waals surface area contributed by atoms with Gasteiger partial charge in [-0.2, -0.15) is 4.31 Å². The van der Waals surface area contributed by atoms with Gasteiger partial charge in [-0.3, -0.25) is 0 Å². The minimum absolute atomic E-state index is 0.115. The molecule has 1 aliphatic rings. The van der Waals surface area contributed by atoms with E-state index >= 15 is 0 Å². The van der Waals surface area contributed by atoms with Crippen molar-refractivity contribution in [3.8, 4) is 0 Å². The van der Waals surface area contributed by atoms with Crippen LogP contribution < -0.4 is 5.73 Å². The number of likely N-dealkylation sites (N-methyl/N-ethyl adjacent to an activating group) is 1. The van der Waals surface area contributed by atoms with Crippen molar-refractivity contribution >= 4 is 27.3 Å². The average Bonchev–Trinajstić information content (AvgIpc) is 2.92. The van der Waals surface area contributed by atoms with Crippen LogP contribution in [0.3, 0.4) is 0 Å². The molecule has 1 aliphatic heterocycles. The third kappa shape index (κ3) is 3.48. The lowest BCUT2D eigenvalue weighted by molar-refractivity contribution is 0.0947. The fourth-order valence-electron chi connectivity index (χ4n) is 2.29. The third-order valence-electron chi connectivity index (χ3n) is 3.45. The zero-order chi connectivity index (χ0) is 15.6. The molecule has 0 radical (unpaired) electrons. The Morgan fingerprint density at radius 2 is 2.24 bits per heavy atom. The number of benzene rings is 1. The van der Waals surface area contributed by atoms with Gasteiger partial charge in [0, 0.05) is 19.7 Å². The van der Waals surface area contributed by atoms with Gasteiger partial charge in [-0.1, -0.05) is 18.5 Å². The van der Waals surface area contributed by atoms with Crippen LogP contribution in [0.15, 0.2) is 17.0 Å². The van der Waals surface area contributed by atoms with Crippen LogP contribution in [0.4, 0.5) is 10.1 Å². The minimum atomic E-state index is -3.83. The summed E-state index contributed by atoms with van der Waals surface area (Å²) in [6.07, 6.45) is 1.63. The van der Waals surface area contributed by atoms with Gasteiger partial charge in [-0.25, -0.2) is 12.8 Å². The lowest BCUT2D eigenvalue weighted by Crippen LogP contribution is -2.37. The number of halogens is 2. The van der Waals surface area contributed by atoms with Crippen LogP contribution in [0.1, 0.15) is 19.8 Å². The van der Waals surface area contributed by atoms with E-state index in [0.717, 1.165) is 25.0 Å². The first kappa shape index (κ1) is 16.5. The van der Waals surface area contributed by atoms with E-state index in [2.05, 4.69) is 0 Å². The van der Waals surface area contributed by atoms with Crippen molar-refractivity contribution in [3.63, 3.8) is 0 Å². The fourth-order valence-corrected chi connectivity index (χ4v) is 4.30. The van der Waals surface area contributed by atoms with E-state index in [1.165, 1.54) is 4.31 Å². The molecule has 1 aromatic carbocycles. The highest BCUT2D eigenvalue weighted by Gasteiger charge is 2.30. The molecule has 1 fully saturated rings. The molecule has 0 amide bonds. The number of nitrogens with zero attached hydrogens (tertiary/aromatic N) is 1. The summed E-state index contributed by atoms with van der Waals surface area (Å²) in [5.74, 6) is -0.735. The molecule has 21 heavy (non-hydrogen) atoms. The molecule has 0 saturated carbocycles. The topological polar surface area (TPSA) is 72.6 Å². The van der Waals surface area contributed by atoms with E-state index in [1.54, 1.807) is 6.92 Å². The van der Waals surface area contributed by atoms with Gasteiger partial charge < -0.3 is 10.5 Å². The number of anilines is 1. The van der Waals surface area contributed by atoms with Gasteiger partial charge in [0.15, 0.2) is 0 Å². The first-order chi connectivity index (χ1) is 9.86. The van der Waals surface area contributed by atoms with Crippen molar-refractivity contribution in [1.29, 1.82) is 0 Å². The summed E-state index contributed by atoms with van der Waals surface area (Å²) in [5.41, 5.74) is 5.21. The molecule has 118 valence electrons. The van der Waals surface area contributed by atoms with Gasteiger partial charge in [-0.15, -0.1) is 0 Å². The van der Waals surface area contributed by atoms with Crippen molar-refractivity contribution in [1.82, 2.24) is 4.31 Å². The standard InChI is InChI=1S/C13H18ClFN2O3S/c1-2-17(8-9-4-3-5-20-9)21(18,19)13-7-12(16)11(15)6-10(13)14/h6-7,9H,2-5,8,16H2,1H3. The van der Waals surface area contributed by atoms with Gasteiger partial charge >= 0.3 is 0 Å². The maximum atomic E-state index is 13.3. The fraction of sp³-hybridized carbons (Fsp3) is 0.538. The zero-order valence-corrected chi connectivity index (χ0v) is 13.3. The molecule has 8 heteroatoms. The van der Waals surface area contributed by atoms with Gasteiger partial charge in [0.05, 0.1) is 16.8 Å². The lowest BCUT2D eigenvalue weighted by Gasteiger charge is -2.24. The normalized spacial score (nSPS) is 19.3. The monoisotopic (exact) mass is 336 g/mol. The first-order valence-corrected chi connectivity index (χ1v) is 8.54. The molecular weight excluding hydrogens is 319 g/mol. The number of sulfonamides is 1. The maximum absolute atomic E-state index is 13.3. The van der Waals surface area contributed by atoms with E-state index in [-0.39, 0.29) is 34.8 Å². The molecule has 2 N–H and O–H groups in total. The minimum Gasteiger partial charge on any atom is -0.396 e. The highest BCUT2D eigenvalue weighted by molar-refractivity contribution is 7.89. The number of rotatable bonds is 5. The van der Waals surface area contributed by atoms with E-state index in [0.29, 0.717) is 6.61 Å². The van der Waals surface area contributed by atoms with E-state index in [1.807, 2.05) is 0 Å². The summed E-state index contributed by atoms with van der Waals surface area (Å²) in [7, 11) is -3.83. The van der Waals surface area contributed by atoms with Crippen LogP contribution in [0, 0.1) is 5.82 Å². The molecule has 1 saturated heterocycles. The average molecular weight is 337 g/mol. The second kappa shape index (κ2) is 6.48. The lowest BCUT2D eigenvalue weighted by atomic mass is 10.2. The van der Waals surface area contributed by atoms with E-state index in [9.17, 15) is 12.8 Å². The maximum Gasteiger partial charge on any atom is 0.244 e. The van der Waals surface area contributed by atoms with Crippen LogP contribution in [-0.2, 0) is 14.8 Å². The largest absolute Gasteiger partial charge is 0.396 e. The molecule has 2 rings (SSSR count). The van der Waals surface area contributed by atoms with Crippen molar-refractivity contribution < 1.29 is 17.5 Å². The quantitative estimate of drug-likeness (QED) is 0.837. The Hall–Kier alpha value is -0.890. The SMILES string of the molecule is CCN(CC1CCCO1)S(=O)(=O)c1cc(N)c(F)cc1Cl. The second-order valence-electron chi connectivity index (χ2n) is 4.89. The number of ether oxygens (including phenoxy) is 1. The van der Waals surface area contributed by atoms with Gasteiger partial charge in [-0.05, 0) is 25.0 Å². The Morgan fingerprint density at radius 3 is 2.81 bits per heavy atom. The zero-order valence-electron chi connectivity index (χ0n) is 11.7. The summed E-state index contributed by atoms with van der Waals surface area (Å²) in [5, 5.41) is -0.174. The Morgan fingerprint density at radius 1 is 1.52 bits per heavy atom. The highest BCUT2D eigenvalue weighted by atomic mass is 35.5. The van der Waals surface area contributed by atoms with Crippen molar-refractivity contribution in [2.75, 3.05) is 25.4 Å². The van der Waals surface area contributed by atoms with E-state index < -0.39 is 15.8 Å². The summed E-state index contributed by atoms with van der Waals surface area (Å²) in [6.45, 7) is 2.90. The summed E-state index contributed by atoms with van der Waals surface area (Å²) >= 11 is 5.87. The van der Waals surface area contributed by atoms with Crippen LogP contribution in [0.5, 0.6) is 0 Å². The molecule has 1 unspecified atom stereocenters. The van der Waals surface area contributed by atoms with Crippen LogP contribution in [-0.4, -0.2) is 38.5 Å². The molecule has 0 bridgehead atoms. The summed E-state index contributed by atoms with van der Waals surface area (Å²) in [4.78, 5) is -0.178. The summed E-state index contributed by atoms with van der Waals surface area (Å²) in [6, 6.07) is 1.98. The number of hydrogen-bond donors (Lipinski definition) is 1. The molecule has 0 spiro atoms. The smallest absolute Gasteiger partial charge is 0.244 e. The number of nitrogens with two attached hydrogens (primary N) is 1. The molecule has 1 aromatic rings.